The second kappa shape index (κ2) is 9.09. The van der Waals surface area contributed by atoms with Crippen LogP contribution in [-0.4, -0.2) is 48.7 Å². The van der Waals surface area contributed by atoms with Crippen molar-refractivity contribution in [2.45, 2.75) is 50.9 Å². The minimum absolute atomic E-state index is 0.263. The maximum atomic E-state index is 10.8. The van der Waals surface area contributed by atoms with Gasteiger partial charge in [-0.1, -0.05) is 12.1 Å². The highest BCUT2D eigenvalue weighted by atomic mass is 16.5. The van der Waals surface area contributed by atoms with Gasteiger partial charge in [0.15, 0.2) is 0 Å². The lowest BCUT2D eigenvalue weighted by molar-refractivity contribution is 0.0774. The Morgan fingerprint density at radius 3 is 1.96 bits per heavy atom. The van der Waals surface area contributed by atoms with Crippen LogP contribution in [0.1, 0.15) is 36.8 Å². The third-order valence-corrected chi connectivity index (χ3v) is 5.93. The summed E-state index contributed by atoms with van der Waals surface area (Å²) < 4.78 is 10.8. The highest BCUT2D eigenvalue weighted by Crippen LogP contribution is 2.35. The van der Waals surface area contributed by atoms with Crippen LogP contribution in [0.5, 0.6) is 11.5 Å². The van der Waals surface area contributed by atoms with Crippen LogP contribution in [0.15, 0.2) is 24.3 Å². The summed E-state index contributed by atoms with van der Waals surface area (Å²) >= 11 is 0. The lowest BCUT2D eigenvalue weighted by Crippen LogP contribution is -2.34. The minimum atomic E-state index is 0.263. The minimum Gasteiger partial charge on any atom is -0.508 e. The van der Waals surface area contributed by atoms with Crippen molar-refractivity contribution in [2.24, 2.45) is 0 Å². The molecule has 4 rings (SSSR count). The number of nitrogens with one attached hydrogen (secondary N) is 2. The van der Waals surface area contributed by atoms with E-state index in [0.717, 1.165) is 74.0 Å². The van der Waals surface area contributed by atoms with E-state index in [4.69, 9.17) is 9.47 Å². The molecule has 0 radical (unpaired) electrons. The molecule has 2 aliphatic rings. The molecule has 6 nitrogen and oxygen atoms in total. The highest BCUT2D eigenvalue weighted by Gasteiger charge is 2.18. The molecule has 0 aliphatic carbocycles. The number of phenolic OH excluding ortho intramolecular Hbond substituents is 2. The van der Waals surface area contributed by atoms with Gasteiger partial charge in [-0.05, 0) is 43.2 Å². The number of ether oxygens (including phenoxy) is 2. The zero-order valence-electron chi connectivity index (χ0n) is 16.2. The smallest absolute Gasteiger partial charge is 0.127 e. The van der Waals surface area contributed by atoms with Crippen molar-refractivity contribution in [3.63, 3.8) is 0 Å². The molecule has 2 saturated heterocycles. The zero-order chi connectivity index (χ0) is 19.3. The van der Waals surface area contributed by atoms with Crippen molar-refractivity contribution in [3.05, 3.63) is 35.4 Å². The fourth-order valence-corrected chi connectivity index (χ4v) is 4.12. The molecule has 152 valence electrons. The Labute approximate surface area is 165 Å². The summed E-state index contributed by atoms with van der Waals surface area (Å²) in [7, 11) is 0. The summed E-state index contributed by atoms with van der Waals surface area (Å²) in [6, 6.07) is 8.29. The molecule has 2 fully saturated rings. The number of benzene rings is 2. The predicted molar refractivity (Wildman–Crippen MR) is 109 cm³/mol. The van der Waals surface area contributed by atoms with Crippen LogP contribution in [0.2, 0.25) is 0 Å². The van der Waals surface area contributed by atoms with E-state index in [-0.39, 0.29) is 5.75 Å². The molecule has 6 heteroatoms. The van der Waals surface area contributed by atoms with Crippen molar-refractivity contribution in [2.75, 3.05) is 26.4 Å². The lowest BCUT2D eigenvalue weighted by atomic mass is 9.98. The predicted octanol–water partition coefficient (Wildman–Crippen LogP) is 2.79. The fourth-order valence-electron chi connectivity index (χ4n) is 4.12. The van der Waals surface area contributed by atoms with Gasteiger partial charge in [0.05, 0.1) is 0 Å². The summed E-state index contributed by atoms with van der Waals surface area (Å²) in [5.74, 6) is 0.559. The van der Waals surface area contributed by atoms with Gasteiger partial charge < -0.3 is 30.3 Å². The molecule has 2 aromatic carbocycles. The second-order valence-corrected chi connectivity index (χ2v) is 7.77. The molecule has 0 saturated carbocycles. The molecular formula is C22H30N2O4. The zero-order valence-corrected chi connectivity index (χ0v) is 16.2. The van der Waals surface area contributed by atoms with E-state index < -0.39 is 0 Å². The van der Waals surface area contributed by atoms with E-state index in [1.54, 1.807) is 12.1 Å². The molecule has 2 aromatic rings. The molecule has 2 heterocycles. The SMILES string of the molecule is Oc1ccc2c(O)c(CNC3CCOCC3)ccc2c1CNC1CCOCC1. The second-order valence-electron chi connectivity index (χ2n) is 7.77. The van der Waals surface area contributed by atoms with Crippen molar-refractivity contribution < 1.29 is 19.7 Å². The molecule has 0 bridgehead atoms. The van der Waals surface area contributed by atoms with Crippen molar-refractivity contribution in [3.8, 4) is 11.5 Å². The first-order chi connectivity index (χ1) is 13.7. The third-order valence-electron chi connectivity index (χ3n) is 5.93. The van der Waals surface area contributed by atoms with E-state index in [1.165, 1.54) is 0 Å². The summed E-state index contributed by atoms with van der Waals surface area (Å²) in [4.78, 5) is 0. The van der Waals surface area contributed by atoms with Gasteiger partial charge in [-0.15, -0.1) is 0 Å². The average molecular weight is 386 g/mol. The Balaban J connectivity index is 1.50. The largest absolute Gasteiger partial charge is 0.508 e. The van der Waals surface area contributed by atoms with Gasteiger partial charge in [-0.3, -0.25) is 0 Å². The standard InChI is InChI=1S/C22H30N2O4/c25-21-4-3-19-18(20(21)14-24-17-7-11-28-12-8-17)2-1-15(22(19)26)13-23-16-5-9-27-10-6-16/h1-4,16-17,23-26H,5-14H2. The van der Waals surface area contributed by atoms with Crippen LogP contribution >= 0.6 is 0 Å². The highest BCUT2D eigenvalue weighted by molar-refractivity contribution is 5.93. The fraction of sp³-hybridized carbons (Fsp3) is 0.545. The maximum absolute atomic E-state index is 10.8. The number of aromatic hydroxyl groups is 2. The Morgan fingerprint density at radius 2 is 1.32 bits per heavy atom. The number of hydrogen-bond donors (Lipinski definition) is 4. The molecular weight excluding hydrogens is 356 g/mol. The van der Waals surface area contributed by atoms with Crippen molar-refractivity contribution in [1.82, 2.24) is 10.6 Å². The Hall–Kier alpha value is -1.86. The Bertz CT molecular complexity index is 799. The molecule has 0 amide bonds. The van der Waals surface area contributed by atoms with Crippen LogP contribution in [0.3, 0.4) is 0 Å². The lowest BCUT2D eigenvalue weighted by Gasteiger charge is -2.24. The van der Waals surface area contributed by atoms with Gasteiger partial charge in [0, 0.05) is 68.1 Å². The molecule has 0 aromatic heterocycles. The van der Waals surface area contributed by atoms with Gasteiger partial charge >= 0.3 is 0 Å². The molecule has 0 atom stereocenters. The van der Waals surface area contributed by atoms with E-state index in [2.05, 4.69) is 10.6 Å². The summed E-state index contributed by atoms with van der Waals surface area (Å²) in [5.41, 5.74) is 1.72. The van der Waals surface area contributed by atoms with E-state index >= 15 is 0 Å². The van der Waals surface area contributed by atoms with Crippen molar-refractivity contribution in [1.29, 1.82) is 0 Å². The number of hydrogen-bond acceptors (Lipinski definition) is 6. The molecule has 4 N–H and O–H groups in total. The molecule has 28 heavy (non-hydrogen) atoms. The first-order valence-corrected chi connectivity index (χ1v) is 10.3. The van der Waals surface area contributed by atoms with E-state index in [1.807, 2.05) is 12.1 Å². The van der Waals surface area contributed by atoms with Gasteiger partial charge in [0.2, 0.25) is 0 Å². The number of phenols is 2. The Morgan fingerprint density at radius 1 is 0.750 bits per heavy atom. The van der Waals surface area contributed by atoms with Crippen LogP contribution in [-0.2, 0) is 22.6 Å². The van der Waals surface area contributed by atoms with E-state index in [0.29, 0.717) is 30.9 Å². The first kappa shape index (κ1) is 19.5. The van der Waals surface area contributed by atoms with E-state index in [9.17, 15) is 10.2 Å². The summed E-state index contributed by atoms with van der Waals surface area (Å²) in [6.45, 7) is 4.36. The van der Waals surface area contributed by atoms with Gasteiger partial charge in [-0.2, -0.15) is 0 Å². The first-order valence-electron chi connectivity index (χ1n) is 10.3. The number of fused-ring (bicyclic) bond motifs is 1. The molecule has 0 unspecified atom stereocenters. The summed E-state index contributed by atoms with van der Waals surface area (Å²) in [5, 5.41) is 30.0. The maximum Gasteiger partial charge on any atom is 0.127 e. The van der Waals surface area contributed by atoms with Gasteiger partial charge in [0.25, 0.3) is 0 Å². The summed E-state index contributed by atoms with van der Waals surface area (Å²) in [6.07, 6.45) is 3.98. The molecule has 2 aliphatic heterocycles. The van der Waals surface area contributed by atoms with Crippen molar-refractivity contribution >= 4 is 10.8 Å². The van der Waals surface area contributed by atoms with Crippen LogP contribution < -0.4 is 10.6 Å². The topological polar surface area (TPSA) is 83.0 Å². The number of rotatable bonds is 6. The Kier molecular flexibility index (Phi) is 6.32. The third kappa shape index (κ3) is 4.41. The normalized spacial score (nSPS) is 19.3. The van der Waals surface area contributed by atoms with Crippen LogP contribution in [0, 0.1) is 0 Å². The van der Waals surface area contributed by atoms with Gasteiger partial charge in [-0.25, -0.2) is 0 Å². The average Bonchev–Trinajstić information content (AvgIpc) is 2.74. The van der Waals surface area contributed by atoms with Crippen LogP contribution in [0.4, 0.5) is 0 Å². The van der Waals surface area contributed by atoms with Gasteiger partial charge in [0.1, 0.15) is 11.5 Å². The quantitative estimate of drug-likeness (QED) is 0.611. The molecule has 0 spiro atoms. The monoisotopic (exact) mass is 386 g/mol. The van der Waals surface area contributed by atoms with Crippen LogP contribution in [0.25, 0.3) is 10.8 Å².